The molecule has 2 aliphatic rings. The fourth-order valence-electron chi connectivity index (χ4n) is 5.77. The van der Waals surface area contributed by atoms with Gasteiger partial charge < -0.3 is 20.1 Å². The highest BCUT2D eigenvalue weighted by Crippen LogP contribution is 2.47. The van der Waals surface area contributed by atoms with Crippen LogP contribution in [0.5, 0.6) is 0 Å². The van der Waals surface area contributed by atoms with E-state index in [4.69, 9.17) is 24.5 Å². The monoisotopic (exact) mass is 503 g/mol. The van der Waals surface area contributed by atoms with E-state index in [1.54, 1.807) is 0 Å². The molecule has 0 aromatic heterocycles. The van der Waals surface area contributed by atoms with Gasteiger partial charge in [-0.05, 0) is 43.5 Å². The summed E-state index contributed by atoms with van der Waals surface area (Å²) in [5.41, 5.74) is 4.47. The van der Waals surface area contributed by atoms with E-state index in [9.17, 15) is 5.11 Å². The number of aliphatic carboxylic acids is 2. The number of hydrogen-bond donors (Lipinski definition) is 3. The zero-order valence-corrected chi connectivity index (χ0v) is 21.1. The molecule has 5 rings (SSSR count). The topological polar surface area (TPSA) is 107 Å². The maximum absolute atomic E-state index is 12.4. The van der Waals surface area contributed by atoms with Crippen LogP contribution in [-0.4, -0.2) is 57.4 Å². The molecule has 0 saturated carbocycles. The van der Waals surface area contributed by atoms with Crippen molar-refractivity contribution in [3.05, 3.63) is 107 Å². The quantitative estimate of drug-likeness (QED) is 0.437. The van der Waals surface area contributed by atoms with Crippen LogP contribution in [0.1, 0.15) is 34.2 Å². The normalized spacial score (nSPS) is 22.2. The largest absolute Gasteiger partial charge is 0.473 e. The second kappa shape index (κ2) is 11.3. The molecule has 2 fully saturated rings. The third kappa shape index (κ3) is 5.74. The zero-order chi connectivity index (χ0) is 26.6. The average molecular weight is 504 g/mol. The highest BCUT2D eigenvalue weighted by Gasteiger charge is 2.57. The van der Waals surface area contributed by atoms with Crippen LogP contribution in [0, 0.1) is 19.8 Å². The van der Waals surface area contributed by atoms with Crippen molar-refractivity contribution in [2.75, 3.05) is 13.1 Å². The van der Waals surface area contributed by atoms with Gasteiger partial charge in [0.05, 0.1) is 18.8 Å². The molecule has 3 aromatic carbocycles. The van der Waals surface area contributed by atoms with E-state index in [-0.39, 0.29) is 12.1 Å². The van der Waals surface area contributed by atoms with Gasteiger partial charge in [0.2, 0.25) is 0 Å². The molecule has 2 saturated heterocycles. The van der Waals surface area contributed by atoms with Crippen molar-refractivity contribution >= 4 is 11.9 Å². The molecule has 0 spiro atoms. The van der Waals surface area contributed by atoms with Gasteiger partial charge in [-0.3, -0.25) is 4.90 Å². The number of aryl methyl sites for hydroxylation is 2. The Kier molecular flexibility index (Phi) is 8.07. The van der Waals surface area contributed by atoms with E-state index >= 15 is 0 Å². The van der Waals surface area contributed by atoms with E-state index in [2.05, 4.69) is 36.9 Å². The summed E-state index contributed by atoms with van der Waals surface area (Å²) < 4.78 is 6.63. The molecule has 4 atom stereocenters. The molecule has 7 heteroatoms. The summed E-state index contributed by atoms with van der Waals surface area (Å²) in [5.74, 6) is -3.19. The lowest BCUT2D eigenvalue weighted by Crippen LogP contribution is -2.55. The smallest absolute Gasteiger partial charge is 0.414 e. The maximum Gasteiger partial charge on any atom is 0.414 e. The van der Waals surface area contributed by atoms with Crippen molar-refractivity contribution < 1.29 is 29.6 Å². The number of rotatable bonds is 6. The van der Waals surface area contributed by atoms with Crippen LogP contribution in [0.25, 0.3) is 0 Å². The first-order chi connectivity index (χ1) is 17.7. The standard InChI is InChI=1S/C28H31NO2.C2H2O4/c1-20-15-21(2)17-22(16-20)19-31-26-23-13-14-29(18-23)27(26)28(30,24-9-5-3-6-10-24)25-11-7-4-8-12-25;3-1(4)2(5)6/h3-12,15-17,23,26-27,30H,13-14,18-19H2,1-2H3;(H,3,4)(H,5,6)/t23-,26?,27?;/m1./s1. The molecule has 7 nitrogen and oxygen atoms in total. The van der Waals surface area contributed by atoms with Gasteiger partial charge in [-0.1, -0.05) is 90.0 Å². The molecule has 3 unspecified atom stereocenters. The van der Waals surface area contributed by atoms with Gasteiger partial charge >= 0.3 is 11.9 Å². The van der Waals surface area contributed by atoms with Gasteiger partial charge in [-0.25, -0.2) is 9.59 Å². The third-order valence-electron chi connectivity index (χ3n) is 7.19. The van der Waals surface area contributed by atoms with Crippen molar-refractivity contribution in [2.24, 2.45) is 5.92 Å². The second-order valence-electron chi connectivity index (χ2n) is 9.87. The van der Waals surface area contributed by atoms with E-state index in [1.165, 1.54) is 16.7 Å². The number of nitrogens with zero attached hydrogens (tertiary/aromatic N) is 1. The van der Waals surface area contributed by atoms with Crippen LogP contribution in [0.15, 0.2) is 78.9 Å². The van der Waals surface area contributed by atoms with E-state index in [0.717, 1.165) is 30.6 Å². The summed E-state index contributed by atoms with van der Waals surface area (Å²) in [6.45, 7) is 6.84. The highest BCUT2D eigenvalue weighted by atomic mass is 16.5. The minimum atomic E-state index is -1.82. The van der Waals surface area contributed by atoms with Crippen molar-refractivity contribution in [3.8, 4) is 0 Å². The molecule has 2 aliphatic heterocycles. The fraction of sp³-hybridized carbons (Fsp3) is 0.333. The molecule has 0 radical (unpaired) electrons. The van der Waals surface area contributed by atoms with E-state index in [1.807, 2.05) is 60.7 Å². The third-order valence-corrected chi connectivity index (χ3v) is 7.19. The number of piperidine rings is 1. The van der Waals surface area contributed by atoms with Crippen LogP contribution in [0.4, 0.5) is 0 Å². The molecular formula is C30H33NO6. The molecule has 3 aromatic rings. The Balaban J connectivity index is 0.000000480. The summed E-state index contributed by atoms with van der Waals surface area (Å²) in [5, 5.41) is 27.2. The Hall–Kier alpha value is -3.52. The highest BCUT2D eigenvalue weighted by molar-refractivity contribution is 6.27. The number of carbonyl (C=O) groups is 2. The lowest BCUT2D eigenvalue weighted by Gasteiger charge is -2.44. The molecule has 194 valence electrons. The van der Waals surface area contributed by atoms with Crippen molar-refractivity contribution in [3.63, 3.8) is 0 Å². The summed E-state index contributed by atoms with van der Waals surface area (Å²) in [4.78, 5) is 20.6. The Bertz CT molecular complexity index is 1160. The van der Waals surface area contributed by atoms with Gasteiger partial charge in [0.25, 0.3) is 0 Å². The summed E-state index contributed by atoms with van der Waals surface area (Å²) in [7, 11) is 0. The maximum atomic E-state index is 12.4. The Labute approximate surface area is 216 Å². The first kappa shape index (κ1) is 26.5. The van der Waals surface area contributed by atoms with Gasteiger partial charge in [0.1, 0.15) is 5.60 Å². The molecular weight excluding hydrogens is 470 g/mol. The van der Waals surface area contributed by atoms with Gasteiger partial charge in [-0.2, -0.15) is 0 Å². The average Bonchev–Trinajstić information content (AvgIpc) is 3.50. The summed E-state index contributed by atoms with van der Waals surface area (Å²) in [6, 6.07) is 26.7. The minimum Gasteiger partial charge on any atom is -0.473 e. The minimum absolute atomic E-state index is 0.0139. The molecule has 3 N–H and O–H groups in total. The molecule has 2 bridgehead atoms. The van der Waals surface area contributed by atoms with Crippen LogP contribution < -0.4 is 0 Å². The van der Waals surface area contributed by atoms with Crippen LogP contribution in [0.2, 0.25) is 0 Å². The molecule has 0 aliphatic carbocycles. The van der Waals surface area contributed by atoms with Crippen LogP contribution in [-0.2, 0) is 26.5 Å². The van der Waals surface area contributed by atoms with Gasteiger partial charge in [0.15, 0.2) is 0 Å². The first-order valence-electron chi connectivity index (χ1n) is 12.4. The second-order valence-corrected chi connectivity index (χ2v) is 9.87. The zero-order valence-electron chi connectivity index (χ0n) is 21.1. The van der Waals surface area contributed by atoms with Crippen LogP contribution >= 0.6 is 0 Å². The number of ether oxygens (including phenoxy) is 1. The van der Waals surface area contributed by atoms with Gasteiger partial charge in [-0.15, -0.1) is 0 Å². The lowest BCUT2D eigenvalue weighted by atomic mass is 9.75. The Morgan fingerprint density at radius 3 is 1.89 bits per heavy atom. The van der Waals surface area contributed by atoms with Gasteiger partial charge in [0, 0.05) is 12.5 Å². The number of benzene rings is 3. The van der Waals surface area contributed by atoms with E-state index in [0.29, 0.717) is 12.5 Å². The van der Waals surface area contributed by atoms with Crippen molar-refractivity contribution in [1.29, 1.82) is 0 Å². The van der Waals surface area contributed by atoms with Crippen molar-refractivity contribution in [2.45, 2.75) is 44.6 Å². The van der Waals surface area contributed by atoms with Crippen LogP contribution in [0.3, 0.4) is 0 Å². The first-order valence-corrected chi connectivity index (χ1v) is 12.4. The summed E-state index contributed by atoms with van der Waals surface area (Å²) >= 11 is 0. The Morgan fingerprint density at radius 2 is 1.41 bits per heavy atom. The fourth-order valence-corrected chi connectivity index (χ4v) is 5.77. The predicted octanol–water partition coefficient (Wildman–Crippen LogP) is 3.98. The Morgan fingerprint density at radius 1 is 0.892 bits per heavy atom. The molecule has 37 heavy (non-hydrogen) atoms. The molecule has 2 heterocycles. The lowest BCUT2D eigenvalue weighted by molar-refractivity contribution is -0.159. The SMILES string of the molecule is Cc1cc(C)cc(COC2C(C(O)(c3ccccc3)c3ccccc3)N3CC[C@@H]2C3)c1.O=C(O)C(=O)O. The number of carboxylic acids is 2. The summed E-state index contributed by atoms with van der Waals surface area (Å²) in [6.07, 6.45) is 1.12. The number of fused-ring (bicyclic) bond motifs is 2. The van der Waals surface area contributed by atoms with E-state index < -0.39 is 17.5 Å². The number of carboxylic acid groups (broad SMARTS) is 2. The molecule has 0 amide bonds. The van der Waals surface area contributed by atoms with Crippen molar-refractivity contribution in [1.82, 2.24) is 4.90 Å². The predicted molar refractivity (Wildman–Crippen MR) is 139 cm³/mol. The number of hydrogen-bond acceptors (Lipinski definition) is 5. The number of aliphatic hydroxyl groups is 1.